The number of sulfone groups is 1. The van der Waals surface area contributed by atoms with E-state index in [4.69, 9.17) is 4.74 Å². The van der Waals surface area contributed by atoms with Gasteiger partial charge in [-0.2, -0.15) is 13.2 Å². The first-order valence-corrected chi connectivity index (χ1v) is 14.1. The second-order valence-electron chi connectivity index (χ2n) is 9.27. The number of aromatic nitrogens is 8. The Kier molecular flexibility index (Phi) is 7.31. The van der Waals surface area contributed by atoms with Crippen LogP contribution in [0.15, 0.2) is 34.6 Å². The van der Waals surface area contributed by atoms with Crippen LogP contribution in [-0.2, 0) is 16.4 Å². The van der Waals surface area contributed by atoms with Gasteiger partial charge in [-0.05, 0) is 19.8 Å². The average Bonchev–Trinajstić information content (AvgIpc) is 3.80. The first-order chi connectivity index (χ1) is 19.4. The van der Waals surface area contributed by atoms with Gasteiger partial charge in [0.15, 0.2) is 27.1 Å². The largest absolute Gasteiger partial charge is 0.480 e. The Morgan fingerprint density at radius 2 is 1.80 bits per heavy atom. The highest BCUT2D eigenvalue weighted by atomic mass is 32.2. The van der Waals surface area contributed by atoms with Crippen LogP contribution in [0.2, 0.25) is 0 Å². The van der Waals surface area contributed by atoms with Crippen molar-refractivity contribution in [2.75, 3.05) is 18.2 Å². The molecule has 0 saturated heterocycles. The molecule has 0 aliphatic heterocycles. The molecule has 17 heteroatoms. The van der Waals surface area contributed by atoms with Crippen LogP contribution in [-0.4, -0.2) is 66.9 Å². The molecule has 0 radical (unpaired) electrons. The highest BCUT2D eigenvalue weighted by Crippen LogP contribution is 2.45. The van der Waals surface area contributed by atoms with Gasteiger partial charge in [0.1, 0.15) is 34.2 Å². The van der Waals surface area contributed by atoms with Gasteiger partial charge in [0, 0.05) is 18.3 Å². The van der Waals surface area contributed by atoms with E-state index in [0.717, 1.165) is 32.2 Å². The number of nitrogens with one attached hydrogen (secondary N) is 1. The number of anilines is 1. The maximum Gasteiger partial charge on any atom is 0.409 e. The summed E-state index contributed by atoms with van der Waals surface area (Å²) in [6.45, 7) is 2.10. The third kappa shape index (κ3) is 5.53. The van der Waals surface area contributed by atoms with Gasteiger partial charge in [0.2, 0.25) is 5.88 Å². The van der Waals surface area contributed by atoms with Crippen molar-refractivity contribution in [3.05, 3.63) is 46.8 Å². The minimum atomic E-state index is -4.79. The summed E-state index contributed by atoms with van der Waals surface area (Å²) in [7, 11) is -2.13. The predicted molar refractivity (Wildman–Crippen MR) is 139 cm³/mol. The lowest BCUT2D eigenvalue weighted by atomic mass is 10.1. The minimum Gasteiger partial charge on any atom is -0.480 e. The summed E-state index contributed by atoms with van der Waals surface area (Å²) in [5, 5.41) is 2.66. The van der Waals surface area contributed by atoms with Gasteiger partial charge < -0.3 is 10.1 Å². The second kappa shape index (κ2) is 10.6. The van der Waals surface area contributed by atoms with Gasteiger partial charge >= 0.3 is 6.18 Å². The number of methoxy groups -OCH3 is 1. The third-order valence-electron chi connectivity index (χ3n) is 6.55. The van der Waals surface area contributed by atoms with Crippen molar-refractivity contribution in [1.29, 1.82) is 0 Å². The quantitative estimate of drug-likeness (QED) is 0.303. The Morgan fingerprint density at radius 1 is 1.10 bits per heavy atom. The lowest BCUT2D eigenvalue weighted by molar-refractivity contribution is -0.162. The molecule has 1 fully saturated rings. The van der Waals surface area contributed by atoms with Crippen molar-refractivity contribution in [2.24, 2.45) is 0 Å². The van der Waals surface area contributed by atoms with E-state index in [2.05, 4.69) is 40.2 Å². The number of ether oxygens (including phenoxy) is 1. The summed E-state index contributed by atoms with van der Waals surface area (Å²) in [5.74, 6) is -0.201. The number of halogens is 3. The van der Waals surface area contributed by atoms with Gasteiger partial charge in [-0.3, -0.25) is 9.36 Å². The Hall–Kier alpha value is -4.28. The van der Waals surface area contributed by atoms with Crippen LogP contribution in [0.3, 0.4) is 0 Å². The van der Waals surface area contributed by atoms with Gasteiger partial charge in [-0.1, -0.05) is 6.92 Å². The number of fused-ring (bicyclic) bond motifs is 1. The molecule has 1 aliphatic carbocycles. The Balaban J connectivity index is 1.58. The smallest absolute Gasteiger partial charge is 0.409 e. The molecule has 4 heterocycles. The molecule has 1 saturated carbocycles. The van der Waals surface area contributed by atoms with Crippen LogP contribution in [0.1, 0.15) is 50.2 Å². The SMILES string of the molecule is CCS(=O)(=O)c1cnc(CNc2nc3cnc(-c4c(OC)ncnc4C4CC4)nc3n([C@@H](C)C(F)(F)F)c2=O)nc1. The van der Waals surface area contributed by atoms with Crippen LogP contribution in [0.4, 0.5) is 19.0 Å². The molecule has 13 nitrogen and oxygen atoms in total. The highest BCUT2D eigenvalue weighted by molar-refractivity contribution is 7.91. The summed E-state index contributed by atoms with van der Waals surface area (Å²) in [6, 6.07) is -2.27. The zero-order valence-corrected chi connectivity index (χ0v) is 22.9. The molecule has 0 amide bonds. The summed E-state index contributed by atoms with van der Waals surface area (Å²) in [5.41, 5.74) is -0.561. The van der Waals surface area contributed by atoms with Crippen LogP contribution in [0.5, 0.6) is 5.88 Å². The summed E-state index contributed by atoms with van der Waals surface area (Å²) < 4.78 is 71.7. The topological polar surface area (TPSA) is 168 Å². The number of rotatable bonds is 9. The third-order valence-corrected chi connectivity index (χ3v) is 8.24. The number of alkyl halides is 3. The van der Waals surface area contributed by atoms with Crippen LogP contribution >= 0.6 is 0 Å². The number of hydrogen-bond acceptors (Lipinski definition) is 12. The summed E-state index contributed by atoms with van der Waals surface area (Å²) >= 11 is 0. The Bertz CT molecular complexity index is 1780. The molecule has 1 N–H and O–H groups in total. The van der Waals surface area contributed by atoms with Crippen LogP contribution in [0.25, 0.3) is 22.6 Å². The lowest BCUT2D eigenvalue weighted by Gasteiger charge is -2.21. The first-order valence-electron chi connectivity index (χ1n) is 12.5. The molecule has 0 spiro atoms. The molecule has 0 bridgehead atoms. The minimum absolute atomic E-state index is 0.00240. The van der Waals surface area contributed by atoms with E-state index in [1.807, 2.05) is 0 Å². The highest BCUT2D eigenvalue weighted by Gasteiger charge is 2.40. The molecular weight excluding hydrogens is 567 g/mol. The molecule has 1 atom stereocenters. The van der Waals surface area contributed by atoms with E-state index < -0.39 is 33.4 Å². The van der Waals surface area contributed by atoms with Crippen LogP contribution in [0, 0.1) is 0 Å². The molecule has 41 heavy (non-hydrogen) atoms. The maximum atomic E-state index is 14.0. The van der Waals surface area contributed by atoms with E-state index in [0.29, 0.717) is 15.8 Å². The van der Waals surface area contributed by atoms with Crippen molar-refractivity contribution in [3.8, 4) is 17.3 Å². The van der Waals surface area contributed by atoms with Crippen LogP contribution < -0.4 is 15.6 Å². The zero-order chi connectivity index (χ0) is 29.5. The van der Waals surface area contributed by atoms with Crippen molar-refractivity contribution >= 4 is 26.8 Å². The van der Waals surface area contributed by atoms with Crippen molar-refractivity contribution < 1.29 is 26.3 Å². The molecule has 216 valence electrons. The molecule has 1 aliphatic rings. The summed E-state index contributed by atoms with van der Waals surface area (Å²) in [6.07, 6.45) is 1.73. The number of nitrogens with zero attached hydrogens (tertiary/aromatic N) is 8. The standard InChI is InChI=1S/C24H24F3N9O4S/c1-4-41(38,39)14-7-28-16(29-8-14)10-31-20-23(37)36(12(2)24(25,26)27)21-15(34-20)9-30-19(35-21)17-18(13-5-6-13)32-11-33-22(17)40-3/h7-9,11-13H,4-6,10H2,1-3H3,(H,31,34)/t12-/m0/s1. The molecule has 4 aromatic rings. The van der Waals surface area contributed by atoms with Crippen molar-refractivity contribution in [2.45, 2.75) is 56.3 Å². The fourth-order valence-electron chi connectivity index (χ4n) is 4.08. The van der Waals surface area contributed by atoms with Gasteiger partial charge in [-0.25, -0.2) is 43.3 Å². The van der Waals surface area contributed by atoms with E-state index in [9.17, 15) is 26.4 Å². The molecule has 0 aromatic carbocycles. The van der Waals surface area contributed by atoms with E-state index in [1.165, 1.54) is 26.6 Å². The molecule has 0 unspecified atom stereocenters. The zero-order valence-electron chi connectivity index (χ0n) is 22.0. The molecule has 5 rings (SSSR count). The van der Waals surface area contributed by atoms with E-state index >= 15 is 0 Å². The monoisotopic (exact) mass is 591 g/mol. The van der Waals surface area contributed by atoms with E-state index in [-0.39, 0.29) is 51.8 Å². The fraction of sp³-hybridized carbons (Fsp3) is 0.417. The number of hydrogen-bond donors (Lipinski definition) is 1. The van der Waals surface area contributed by atoms with Gasteiger partial charge in [0.25, 0.3) is 5.56 Å². The lowest BCUT2D eigenvalue weighted by Crippen LogP contribution is -2.35. The van der Waals surface area contributed by atoms with Crippen molar-refractivity contribution in [1.82, 2.24) is 39.5 Å². The van der Waals surface area contributed by atoms with Gasteiger partial charge in [0.05, 0.1) is 31.3 Å². The Labute approximate surface area is 231 Å². The fourth-order valence-corrected chi connectivity index (χ4v) is 4.84. The molecular formula is C24H24F3N9O4S. The van der Waals surface area contributed by atoms with Crippen molar-refractivity contribution in [3.63, 3.8) is 0 Å². The normalized spacial score (nSPS) is 14.7. The average molecular weight is 592 g/mol. The second-order valence-corrected chi connectivity index (χ2v) is 11.5. The predicted octanol–water partition coefficient (Wildman–Crippen LogP) is 2.85. The Morgan fingerprint density at radius 3 is 2.41 bits per heavy atom. The first kappa shape index (κ1) is 28.3. The summed E-state index contributed by atoms with van der Waals surface area (Å²) in [4.78, 5) is 42.5. The maximum absolute atomic E-state index is 14.0. The van der Waals surface area contributed by atoms with Gasteiger partial charge in [-0.15, -0.1) is 0 Å². The molecule has 4 aromatic heterocycles. The van der Waals surface area contributed by atoms with E-state index in [1.54, 1.807) is 0 Å².